The molecule has 0 unspecified atom stereocenters. The van der Waals surface area contributed by atoms with Crippen molar-refractivity contribution in [1.82, 2.24) is 9.97 Å². The van der Waals surface area contributed by atoms with Gasteiger partial charge in [0.15, 0.2) is 5.82 Å². The number of rotatable bonds is 6. The van der Waals surface area contributed by atoms with E-state index in [9.17, 15) is 4.39 Å². The molecule has 0 bridgehead atoms. The van der Waals surface area contributed by atoms with Crippen molar-refractivity contribution in [2.24, 2.45) is 0 Å². The van der Waals surface area contributed by atoms with Gasteiger partial charge < -0.3 is 5.32 Å². The molecule has 0 aliphatic rings. The smallest absolute Gasteiger partial charge is 0.161 e. The molecule has 0 radical (unpaired) electrons. The van der Waals surface area contributed by atoms with Crippen LogP contribution in [0.2, 0.25) is 0 Å². The lowest BCUT2D eigenvalue weighted by atomic mass is 10.1. The highest BCUT2D eigenvalue weighted by Gasteiger charge is 2.08. The van der Waals surface area contributed by atoms with E-state index in [1.54, 1.807) is 0 Å². The second kappa shape index (κ2) is 7.16. The molecule has 2 aromatic rings. The normalized spacial score (nSPS) is 10.7. The van der Waals surface area contributed by atoms with E-state index in [2.05, 4.69) is 29.1 Å². The SMILES string of the molecule is CCCNc1cc(CCC)nc(-c2cc(C)cc(F)c2)n1. The van der Waals surface area contributed by atoms with E-state index >= 15 is 0 Å². The zero-order valence-corrected chi connectivity index (χ0v) is 12.9. The Morgan fingerprint density at radius 2 is 1.86 bits per heavy atom. The van der Waals surface area contributed by atoms with E-state index in [1.165, 1.54) is 12.1 Å². The van der Waals surface area contributed by atoms with E-state index < -0.39 is 0 Å². The molecular formula is C17H22FN3. The fourth-order valence-electron chi connectivity index (χ4n) is 2.22. The number of anilines is 1. The van der Waals surface area contributed by atoms with Crippen LogP contribution in [-0.2, 0) is 6.42 Å². The first-order valence-corrected chi connectivity index (χ1v) is 7.51. The van der Waals surface area contributed by atoms with Gasteiger partial charge in [0.1, 0.15) is 11.6 Å². The van der Waals surface area contributed by atoms with Crippen molar-refractivity contribution in [3.05, 3.63) is 41.3 Å². The molecular weight excluding hydrogens is 265 g/mol. The highest BCUT2D eigenvalue weighted by atomic mass is 19.1. The summed E-state index contributed by atoms with van der Waals surface area (Å²) in [7, 11) is 0. The lowest BCUT2D eigenvalue weighted by molar-refractivity contribution is 0.627. The van der Waals surface area contributed by atoms with Gasteiger partial charge in [0.25, 0.3) is 0 Å². The summed E-state index contributed by atoms with van der Waals surface area (Å²) < 4.78 is 13.6. The standard InChI is InChI=1S/C17H22FN3/c1-4-6-15-11-16(19-7-5-2)21-17(20-15)13-8-12(3)9-14(18)10-13/h8-11H,4-7H2,1-3H3,(H,19,20,21). The van der Waals surface area contributed by atoms with Crippen molar-refractivity contribution in [3.8, 4) is 11.4 Å². The number of benzene rings is 1. The van der Waals surface area contributed by atoms with E-state index in [0.29, 0.717) is 5.82 Å². The molecule has 1 aromatic carbocycles. The van der Waals surface area contributed by atoms with Crippen LogP contribution in [0.4, 0.5) is 10.2 Å². The van der Waals surface area contributed by atoms with Gasteiger partial charge in [-0.15, -0.1) is 0 Å². The second-order valence-electron chi connectivity index (χ2n) is 5.26. The molecule has 0 aliphatic heterocycles. The van der Waals surface area contributed by atoms with Gasteiger partial charge in [-0.2, -0.15) is 0 Å². The molecule has 0 fully saturated rings. The number of aromatic nitrogens is 2. The van der Waals surface area contributed by atoms with Gasteiger partial charge in [-0.1, -0.05) is 20.3 Å². The molecule has 1 N–H and O–H groups in total. The van der Waals surface area contributed by atoms with Crippen molar-refractivity contribution in [3.63, 3.8) is 0 Å². The monoisotopic (exact) mass is 287 g/mol. The molecule has 4 heteroatoms. The van der Waals surface area contributed by atoms with Crippen LogP contribution in [0.5, 0.6) is 0 Å². The van der Waals surface area contributed by atoms with Crippen LogP contribution >= 0.6 is 0 Å². The third-order valence-electron chi connectivity index (χ3n) is 3.14. The molecule has 0 saturated carbocycles. The summed E-state index contributed by atoms with van der Waals surface area (Å²) in [6, 6.07) is 6.89. The quantitative estimate of drug-likeness (QED) is 0.857. The molecule has 1 heterocycles. The Labute approximate surface area is 125 Å². The van der Waals surface area contributed by atoms with Gasteiger partial charge in [-0.05, 0) is 43.5 Å². The molecule has 1 aromatic heterocycles. The molecule has 0 saturated heterocycles. The topological polar surface area (TPSA) is 37.8 Å². The van der Waals surface area contributed by atoms with Crippen molar-refractivity contribution in [1.29, 1.82) is 0 Å². The number of halogens is 1. The largest absolute Gasteiger partial charge is 0.370 e. The first-order chi connectivity index (χ1) is 10.1. The van der Waals surface area contributed by atoms with Crippen LogP contribution in [0.1, 0.15) is 37.9 Å². The summed E-state index contributed by atoms with van der Waals surface area (Å²) in [5.74, 6) is 1.15. The second-order valence-corrected chi connectivity index (χ2v) is 5.26. The maximum absolute atomic E-state index is 13.6. The van der Waals surface area contributed by atoms with Gasteiger partial charge in [0.2, 0.25) is 0 Å². The third-order valence-corrected chi connectivity index (χ3v) is 3.14. The number of hydrogen-bond donors (Lipinski definition) is 1. The number of hydrogen-bond acceptors (Lipinski definition) is 3. The lowest BCUT2D eigenvalue weighted by Gasteiger charge is -2.10. The summed E-state index contributed by atoms with van der Waals surface area (Å²) >= 11 is 0. The summed E-state index contributed by atoms with van der Waals surface area (Å²) in [5, 5.41) is 3.29. The van der Waals surface area contributed by atoms with E-state index in [0.717, 1.165) is 48.4 Å². The van der Waals surface area contributed by atoms with Crippen molar-refractivity contribution in [2.75, 3.05) is 11.9 Å². The molecule has 3 nitrogen and oxygen atoms in total. The van der Waals surface area contributed by atoms with Crippen LogP contribution < -0.4 is 5.32 Å². The van der Waals surface area contributed by atoms with Gasteiger partial charge in [0, 0.05) is 23.9 Å². The average molecular weight is 287 g/mol. The van der Waals surface area contributed by atoms with E-state index in [-0.39, 0.29) is 5.82 Å². The first-order valence-electron chi connectivity index (χ1n) is 7.51. The molecule has 2 rings (SSSR count). The Kier molecular flexibility index (Phi) is 5.26. The summed E-state index contributed by atoms with van der Waals surface area (Å²) in [4.78, 5) is 9.08. The molecule has 0 atom stereocenters. The zero-order valence-electron chi connectivity index (χ0n) is 12.9. The number of nitrogens with zero attached hydrogens (tertiary/aromatic N) is 2. The van der Waals surface area contributed by atoms with E-state index in [1.807, 2.05) is 19.1 Å². The molecule has 0 spiro atoms. The Balaban J connectivity index is 2.42. The molecule has 21 heavy (non-hydrogen) atoms. The number of nitrogens with one attached hydrogen (secondary N) is 1. The zero-order chi connectivity index (χ0) is 15.2. The third kappa shape index (κ3) is 4.25. The van der Waals surface area contributed by atoms with Crippen LogP contribution in [0.25, 0.3) is 11.4 Å². The van der Waals surface area contributed by atoms with E-state index in [4.69, 9.17) is 0 Å². The lowest BCUT2D eigenvalue weighted by Crippen LogP contribution is -2.05. The van der Waals surface area contributed by atoms with Gasteiger partial charge in [-0.3, -0.25) is 0 Å². The minimum Gasteiger partial charge on any atom is -0.370 e. The van der Waals surface area contributed by atoms with Gasteiger partial charge in [0.05, 0.1) is 0 Å². The molecule has 0 aliphatic carbocycles. The average Bonchev–Trinajstić information content (AvgIpc) is 2.44. The maximum Gasteiger partial charge on any atom is 0.161 e. The van der Waals surface area contributed by atoms with Crippen LogP contribution in [0.3, 0.4) is 0 Å². The Morgan fingerprint density at radius 3 is 2.52 bits per heavy atom. The van der Waals surface area contributed by atoms with Gasteiger partial charge >= 0.3 is 0 Å². The van der Waals surface area contributed by atoms with Crippen LogP contribution in [0.15, 0.2) is 24.3 Å². The first kappa shape index (κ1) is 15.4. The highest BCUT2D eigenvalue weighted by Crippen LogP contribution is 2.21. The highest BCUT2D eigenvalue weighted by molar-refractivity contribution is 5.58. The van der Waals surface area contributed by atoms with Crippen LogP contribution in [-0.4, -0.2) is 16.5 Å². The minimum atomic E-state index is -0.252. The van der Waals surface area contributed by atoms with Gasteiger partial charge in [-0.25, -0.2) is 14.4 Å². The number of aryl methyl sites for hydroxylation is 2. The van der Waals surface area contributed by atoms with Crippen LogP contribution in [0, 0.1) is 12.7 Å². The summed E-state index contributed by atoms with van der Waals surface area (Å²) in [5.41, 5.74) is 2.59. The maximum atomic E-state index is 13.6. The van der Waals surface area contributed by atoms with Crippen molar-refractivity contribution >= 4 is 5.82 Å². The summed E-state index contributed by atoms with van der Waals surface area (Å²) in [6.07, 6.45) is 2.94. The van der Waals surface area contributed by atoms with Crippen molar-refractivity contribution < 1.29 is 4.39 Å². The van der Waals surface area contributed by atoms with Crippen molar-refractivity contribution in [2.45, 2.75) is 40.0 Å². The predicted molar refractivity (Wildman–Crippen MR) is 84.9 cm³/mol. The summed E-state index contributed by atoms with van der Waals surface area (Å²) in [6.45, 7) is 6.97. The molecule has 112 valence electrons. The Hall–Kier alpha value is -1.97. The molecule has 0 amide bonds. The Bertz CT molecular complexity index is 591. The fourth-order valence-corrected chi connectivity index (χ4v) is 2.22. The predicted octanol–water partition coefficient (Wildman–Crippen LogP) is 4.37. The fraction of sp³-hybridized carbons (Fsp3) is 0.412. The Morgan fingerprint density at radius 1 is 1.05 bits per heavy atom. The minimum absolute atomic E-state index is 0.252.